The van der Waals surface area contributed by atoms with Crippen LogP contribution in [0.4, 0.5) is 5.69 Å². The number of nitro benzene ring substituents is 1. The Morgan fingerprint density at radius 3 is 2.62 bits per heavy atom. The summed E-state index contributed by atoms with van der Waals surface area (Å²) in [6.07, 6.45) is 2.94. The minimum atomic E-state index is -3.97. The monoisotopic (exact) mass is 352 g/mol. The molecule has 7 heteroatoms. The molecule has 0 saturated carbocycles. The van der Waals surface area contributed by atoms with Crippen molar-refractivity contribution in [3.63, 3.8) is 0 Å². The summed E-state index contributed by atoms with van der Waals surface area (Å²) < 4.78 is 27.9. The molecule has 1 aromatic rings. The van der Waals surface area contributed by atoms with Crippen LogP contribution < -0.4 is 0 Å². The first-order valence-electron chi connectivity index (χ1n) is 8.00. The lowest BCUT2D eigenvalue weighted by atomic mass is 9.86. The molecule has 6 nitrogen and oxygen atoms in total. The van der Waals surface area contributed by atoms with Crippen LogP contribution in [-0.4, -0.2) is 29.7 Å². The lowest BCUT2D eigenvalue weighted by Crippen LogP contribution is -2.44. The first kappa shape index (κ1) is 18.6. The van der Waals surface area contributed by atoms with Gasteiger partial charge in [0.25, 0.3) is 5.69 Å². The average molecular weight is 352 g/mol. The minimum absolute atomic E-state index is 0.215. The second kappa shape index (κ2) is 6.64. The van der Waals surface area contributed by atoms with E-state index < -0.39 is 20.5 Å². The van der Waals surface area contributed by atoms with E-state index in [2.05, 4.69) is 20.4 Å². The van der Waals surface area contributed by atoms with Crippen LogP contribution in [0.5, 0.6) is 0 Å². The molecular weight excluding hydrogens is 328 g/mol. The lowest BCUT2D eigenvalue weighted by Gasteiger charge is -2.33. The van der Waals surface area contributed by atoms with Gasteiger partial charge >= 0.3 is 0 Å². The Balaban J connectivity index is 2.55. The third-order valence-corrected chi connectivity index (χ3v) is 6.93. The molecular formula is C17H24N2O4S. The molecule has 0 radical (unpaired) electrons. The summed E-state index contributed by atoms with van der Waals surface area (Å²) >= 11 is 0. The van der Waals surface area contributed by atoms with Crippen LogP contribution in [0.1, 0.15) is 33.6 Å². The number of rotatable bonds is 6. The Morgan fingerprint density at radius 1 is 1.46 bits per heavy atom. The second-order valence-electron chi connectivity index (χ2n) is 6.96. The molecule has 0 unspecified atom stereocenters. The highest BCUT2D eigenvalue weighted by Crippen LogP contribution is 2.43. The van der Waals surface area contributed by atoms with Gasteiger partial charge in [0.05, 0.1) is 4.92 Å². The molecule has 0 spiro atoms. The van der Waals surface area contributed by atoms with E-state index in [0.717, 1.165) is 6.42 Å². The molecule has 24 heavy (non-hydrogen) atoms. The zero-order valence-corrected chi connectivity index (χ0v) is 15.1. The van der Waals surface area contributed by atoms with Crippen molar-refractivity contribution in [2.24, 2.45) is 11.8 Å². The molecule has 0 amide bonds. The number of sulfonamides is 1. The van der Waals surface area contributed by atoms with Gasteiger partial charge < -0.3 is 0 Å². The van der Waals surface area contributed by atoms with E-state index in [1.807, 2.05) is 6.92 Å². The molecule has 1 saturated heterocycles. The van der Waals surface area contributed by atoms with Gasteiger partial charge in [-0.05, 0) is 37.7 Å². The van der Waals surface area contributed by atoms with Gasteiger partial charge in [-0.1, -0.05) is 32.1 Å². The quantitative estimate of drug-likeness (QED) is 0.445. The fraction of sp³-hybridized carbons (Fsp3) is 0.529. The Hall–Kier alpha value is -1.73. The summed E-state index contributed by atoms with van der Waals surface area (Å²) in [6, 6.07) is 5.53. The van der Waals surface area contributed by atoms with Gasteiger partial charge in [0.1, 0.15) is 0 Å². The molecule has 1 aliphatic heterocycles. The lowest BCUT2D eigenvalue weighted by molar-refractivity contribution is -0.387. The molecule has 2 rings (SSSR count). The van der Waals surface area contributed by atoms with Crippen LogP contribution in [0.2, 0.25) is 0 Å². The summed E-state index contributed by atoms with van der Waals surface area (Å²) in [7, 11) is -3.97. The van der Waals surface area contributed by atoms with Crippen molar-refractivity contribution in [1.29, 1.82) is 0 Å². The third kappa shape index (κ3) is 3.23. The van der Waals surface area contributed by atoms with Gasteiger partial charge in [0, 0.05) is 18.2 Å². The second-order valence-corrected chi connectivity index (χ2v) is 8.79. The first-order valence-corrected chi connectivity index (χ1v) is 9.44. The molecule has 0 aromatic heterocycles. The fourth-order valence-electron chi connectivity index (χ4n) is 3.44. The maximum Gasteiger partial charge on any atom is 0.289 e. The van der Waals surface area contributed by atoms with Gasteiger partial charge in [-0.15, -0.1) is 6.58 Å². The molecule has 0 bridgehead atoms. The molecule has 0 N–H and O–H groups in total. The van der Waals surface area contributed by atoms with E-state index in [4.69, 9.17) is 0 Å². The number of para-hydroxylation sites is 1. The summed E-state index contributed by atoms with van der Waals surface area (Å²) in [4.78, 5) is 10.4. The highest BCUT2D eigenvalue weighted by molar-refractivity contribution is 7.89. The predicted octanol–water partition coefficient (Wildman–Crippen LogP) is 3.60. The summed E-state index contributed by atoms with van der Waals surface area (Å²) in [6.45, 7) is 10.1. The van der Waals surface area contributed by atoms with E-state index in [0.29, 0.717) is 18.9 Å². The van der Waals surface area contributed by atoms with Crippen molar-refractivity contribution in [1.82, 2.24) is 4.31 Å². The standard InChI is InChI=1S/C17H24N2O4S/c1-5-10-17(4)11-14(13(2)3)12-18(17)24(22,23)16-9-7-6-8-15(16)19(20)21/h5-9,13-14H,1,10-12H2,2-4H3/t14-,17-/m1/s1. The highest BCUT2D eigenvalue weighted by atomic mass is 32.2. The molecule has 1 fully saturated rings. The smallest absolute Gasteiger partial charge is 0.258 e. The van der Waals surface area contributed by atoms with E-state index in [1.165, 1.54) is 28.6 Å². The van der Waals surface area contributed by atoms with Crippen LogP contribution in [0.3, 0.4) is 0 Å². The fourth-order valence-corrected chi connectivity index (χ4v) is 5.45. The number of nitro groups is 1. The Labute approximate surface area is 143 Å². The topological polar surface area (TPSA) is 80.5 Å². The van der Waals surface area contributed by atoms with Gasteiger partial charge in [-0.3, -0.25) is 10.1 Å². The van der Waals surface area contributed by atoms with Crippen LogP contribution in [0.15, 0.2) is 41.8 Å². The van der Waals surface area contributed by atoms with Crippen LogP contribution in [-0.2, 0) is 10.0 Å². The van der Waals surface area contributed by atoms with Crippen LogP contribution in [0.25, 0.3) is 0 Å². The van der Waals surface area contributed by atoms with Gasteiger partial charge in [-0.25, -0.2) is 8.42 Å². The Morgan fingerprint density at radius 2 is 2.08 bits per heavy atom. The molecule has 0 aliphatic carbocycles. The highest BCUT2D eigenvalue weighted by Gasteiger charge is 2.49. The molecule has 2 atom stereocenters. The summed E-state index contributed by atoms with van der Waals surface area (Å²) in [5.74, 6) is 0.549. The van der Waals surface area contributed by atoms with Gasteiger partial charge in [0.15, 0.2) is 4.90 Å². The average Bonchev–Trinajstić information content (AvgIpc) is 2.86. The number of hydrogen-bond acceptors (Lipinski definition) is 4. The molecule has 1 aromatic carbocycles. The van der Waals surface area contributed by atoms with Gasteiger partial charge in [0.2, 0.25) is 10.0 Å². The Bertz CT molecular complexity index is 745. The van der Waals surface area contributed by atoms with Gasteiger partial charge in [-0.2, -0.15) is 4.31 Å². The van der Waals surface area contributed by atoms with Crippen molar-refractivity contribution < 1.29 is 13.3 Å². The van der Waals surface area contributed by atoms with Crippen LogP contribution in [0, 0.1) is 22.0 Å². The predicted molar refractivity (Wildman–Crippen MR) is 93.2 cm³/mol. The van der Waals surface area contributed by atoms with Crippen molar-refractivity contribution >= 4 is 15.7 Å². The normalized spacial score (nSPS) is 25.1. The SMILES string of the molecule is C=CC[C@]1(C)C[C@@H](C(C)C)CN1S(=O)(=O)c1ccccc1[N+](=O)[O-]. The van der Waals surface area contributed by atoms with Crippen molar-refractivity contribution in [3.8, 4) is 0 Å². The largest absolute Gasteiger partial charge is 0.289 e. The molecule has 1 heterocycles. The van der Waals surface area contributed by atoms with Crippen molar-refractivity contribution in [2.45, 2.75) is 44.0 Å². The van der Waals surface area contributed by atoms with E-state index in [9.17, 15) is 18.5 Å². The summed E-state index contributed by atoms with van der Waals surface area (Å²) in [5.41, 5.74) is -0.995. The Kier molecular flexibility index (Phi) is 5.15. The first-order chi connectivity index (χ1) is 11.1. The van der Waals surface area contributed by atoms with Crippen molar-refractivity contribution in [2.75, 3.05) is 6.54 Å². The number of nitrogens with zero attached hydrogens (tertiary/aromatic N) is 2. The van der Waals surface area contributed by atoms with Crippen molar-refractivity contribution in [3.05, 3.63) is 47.0 Å². The molecule has 1 aliphatic rings. The molecule has 132 valence electrons. The number of benzene rings is 1. The zero-order valence-electron chi connectivity index (χ0n) is 14.3. The maximum atomic E-state index is 13.2. The third-order valence-electron chi connectivity index (χ3n) is 4.86. The summed E-state index contributed by atoms with van der Waals surface area (Å²) in [5, 5.41) is 11.2. The van der Waals surface area contributed by atoms with E-state index in [-0.39, 0.29) is 16.5 Å². The maximum absolute atomic E-state index is 13.2. The zero-order chi connectivity index (χ0) is 18.1. The van der Waals surface area contributed by atoms with E-state index >= 15 is 0 Å². The van der Waals surface area contributed by atoms with Crippen LogP contribution >= 0.6 is 0 Å². The number of hydrogen-bond donors (Lipinski definition) is 0. The minimum Gasteiger partial charge on any atom is -0.258 e. The van der Waals surface area contributed by atoms with E-state index in [1.54, 1.807) is 6.08 Å².